The number of aryl methyl sites for hydroxylation is 1. The number of aromatic amines is 1. The fourth-order valence-electron chi connectivity index (χ4n) is 4.22. The van der Waals surface area contributed by atoms with E-state index < -0.39 is 30.4 Å². The lowest BCUT2D eigenvalue weighted by Gasteiger charge is -2.25. The summed E-state index contributed by atoms with van der Waals surface area (Å²) < 4.78 is 10.8. The van der Waals surface area contributed by atoms with Gasteiger partial charge in [-0.25, -0.2) is 9.59 Å². The number of carbonyl (C=O) groups excluding carboxylic acids is 4. The zero-order chi connectivity index (χ0) is 23.7. The summed E-state index contributed by atoms with van der Waals surface area (Å²) in [6.45, 7) is 4.36. The van der Waals surface area contributed by atoms with Gasteiger partial charge in [-0.15, -0.1) is 0 Å². The first-order valence-electron chi connectivity index (χ1n) is 10.6. The molecule has 0 amide bonds. The maximum absolute atomic E-state index is 12.6. The summed E-state index contributed by atoms with van der Waals surface area (Å²) in [5.74, 6) is -1.69. The first-order valence-corrected chi connectivity index (χ1v) is 10.6. The molecule has 4 rings (SSSR count). The smallest absolute Gasteiger partial charge is 0.339 e. The molecule has 168 valence electrons. The summed E-state index contributed by atoms with van der Waals surface area (Å²) >= 11 is 0. The number of benzene rings is 2. The number of nitrogens with one attached hydrogen (secondary N) is 1. The van der Waals surface area contributed by atoms with E-state index in [0.29, 0.717) is 34.4 Å². The molecule has 1 aliphatic heterocycles. The van der Waals surface area contributed by atoms with E-state index >= 15 is 0 Å². The first-order chi connectivity index (χ1) is 15.8. The van der Waals surface area contributed by atoms with E-state index in [0.717, 1.165) is 5.56 Å². The van der Waals surface area contributed by atoms with Gasteiger partial charge in [0.25, 0.3) is 0 Å². The number of ketones is 2. The Bertz CT molecular complexity index is 1270. The zero-order valence-electron chi connectivity index (χ0n) is 18.6. The van der Waals surface area contributed by atoms with Gasteiger partial charge in [-0.05, 0) is 55.7 Å². The second-order valence-corrected chi connectivity index (χ2v) is 8.06. The molecule has 1 aliphatic rings. The molecule has 7 nitrogen and oxygen atoms in total. The van der Waals surface area contributed by atoms with E-state index in [2.05, 4.69) is 4.98 Å². The van der Waals surface area contributed by atoms with Gasteiger partial charge in [0.2, 0.25) is 5.78 Å². The maximum Gasteiger partial charge on any atom is 0.339 e. The molecule has 7 heteroatoms. The minimum Gasteiger partial charge on any atom is -0.454 e. The van der Waals surface area contributed by atoms with Gasteiger partial charge in [0.05, 0.1) is 16.8 Å². The van der Waals surface area contributed by atoms with E-state index in [1.165, 1.54) is 19.1 Å². The summed E-state index contributed by atoms with van der Waals surface area (Å²) in [5.41, 5.74) is 4.07. The Morgan fingerprint density at radius 3 is 2.48 bits per heavy atom. The van der Waals surface area contributed by atoms with Gasteiger partial charge >= 0.3 is 11.9 Å². The zero-order valence-corrected chi connectivity index (χ0v) is 18.6. The average molecular weight is 445 g/mol. The highest BCUT2D eigenvalue weighted by Gasteiger charge is 2.28. The van der Waals surface area contributed by atoms with Crippen molar-refractivity contribution in [3.63, 3.8) is 0 Å². The molecule has 0 bridgehead atoms. The van der Waals surface area contributed by atoms with E-state index in [1.807, 2.05) is 30.3 Å². The molecule has 2 heterocycles. The van der Waals surface area contributed by atoms with Crippen LogP contribution in [-0.2, 0) is 15.9 Å². The van der Waals surface area contributed by atoms with Crippen molar-refractivity contribution < 1.29 is 28.7 Å². The lowest BCUT2D eigenvalue weighted by atomic mass is 9.93. The monoisotopic (exact) mass is 445 g/mol. The normalized spacial score (nSPS) is 14.9. The number of aromatic nitrogens is 1. The predicted molar refractivity (Wildman–Crippen MR) is 120 cm³/mol. The SMILES string of the molecule is CC(=O)c1c(C)[nH]c(C(=O)COC(=O)c2ccc3c(c2)C[C@@H](c2ccccc2)OC3=O)c1C. The maximum atomic E-state index is 12.6. The molecule has 1 N–H and O–H groups in total. The number of H-pyrrole nitrogens is 1. The summed E-state index contributed by atoms with van der Waals surface area (Å²) in [4.78, 5) is 52.3. The minimum atomic E-state index is -0.672. The van der Waals surface area contributed by atoms with Crippen molar-refractivity contribution in [1.82, 2.24) is 4.98 Å². The number of hydrogen-bond donors (Lipinski definition) is 1. The highest BCUT2D eigenvalue weighted by Crippen LogP contribution is 2.31. The largest absolute Gasteiger partial charge is 0.454 e. The Balaban J connectivity index is 1.48. The molecule has 0 unspecified atom stereocenters. The van der Waals surface area contributed by atoms with Crippen LogP contribution < -0.4 is 0 Å². The van der Waals surface area contributed by atoms with Crippen molar-refractivity contribution in [1.29, 1.82) is 0 Å². The Morgan fingerprint density at radius 2 is 1.82 bits per heavy atom. The number of esters is 2. The van der Waals surface area contributed by atoms with Crippen LogP contribution in [0.3, 0.4) is 0 Å². The van der Waals surface area contributed by atoms with Gasteiger partial charge in [0.15, 0.2) is 12.4 Å². The molecule has 0 aliphatic carbocycles. The summed E-state index contributed by atoms with van der Waals surface area (Å²) in [6.07, 6.45) is -0.00601. The third-order valence-corrected chi connectivity index (χ3v) is 5.79. The first kappa shape index (κ1) is 22.2. The third-order valence-electron chi connectivity index (χ3n) is 5.79. The van der Waals surface area contributed by atoms with Gasteiger partial charge in [-0.1, -0.05) is 30.3 Å². The molecular formula is C26H23NO6. The number of cyclic esters (lactones) is 1. The van der Waals surface area contributed by atoms with Crippen LogP contribution in [-0.4, -0.2) is 35.1 Å². The second kappa shape index (κ2) is 8.86. The van der Waals surface area contributed by atoms with Crippen LogP contribution in [0, 0.1) is 13.8 Å². The van der Waals surface area contributed by atoms with Crippen LogP contribution in [0.2, 0.25) is 0 Å². The van der Waals surface area contributed by atoms with Gasteiger partial charge < -0.3 is 14.5 Å². The third kappa shape index (κ3) is 4.35. The van der Waals surface area contributed by atoms with Crippen LogP contribution in [0.5, 0.6) is 0 Å². The predicted octanol–water partition coefficient (Wildman–Crippen LogP) is 4.33. The molecule has 0 fully saturated rings. The summed E-state index contributed by atoms with van der Waals surface area (Å²) in [6, 6.07) is 14.0. The van der Waals surface area contributed by atoms with Crippen molar-refractivity contribution in [3.8, 4) is 0 Å². The van der Waals surface area contributed by atoms with Crippen LogP contribution in [0.25, 0.3) is 0 Å². The number of ether oxygens (including phenoxy) is 2. The number of hydrogen-bond acceptors (Lipinski definition) is 6. The Morgan fingerprint density at radius 1 is 1.09 bits per heavy atom. The second-order valence-electron chi connectivity index (χ2n) is 8.06. The highest BCUT2D eigenvalue weighted by molar-refractivity contribution is 6.04. The van der Waals surface area contributed by atoms with E-state index in [9.17, 15) is 19.2 Å². The van der Waals surface area contributed by atoms with Crippen LogP contribution in [0.1, 0.15) is 77.0 Å². The summed E-state index contributed by atoms with van der Waals surface area (Å²) in [5, 5.41) is 0. The molecule has 3 aromatic rings. The Kier molecular flexibility index (Phi) is 5.96. The lowest BCUT2D eigenvalue weighted by molar-refractivity contribution is 0.0251. The van der Waals surface area contributed by atoms with Crippen molar-refractivity contribution in [2.24, 2.45) is 0 Å². The fourth-order valence-corrected chi connectivity index (χ4v) is 4.22. The van der Waals surface area contributed by atoms with Gasteiger partial charge in [-0.2, -0.15) is 0 Å². The Labute approximate surface area is 190 Å². The van der Waals surface area contributed by atoms with E-state index in [1.54, 1.807) is 19.9 Å². The van der Waals surface area contributed by atoms with E-state index in [-0.39, 0.29) is 17.0 Å². The van der Waals surface area contributed by atoms with Crippen molar-refractivity contribution in [2.75, 3.05) is 6.61 Å². The molecule has 33 heavy (non-hydrogen) atoms. The van der Waals surface area contributed by atoms with Crippen molar-refractivity contribution >= 4 is 23.5 Å². The van der Waals surface area contributed by atoms with Gasteiger partial charge in [0, 0.05) is 17.7 Å². The van der Waals surface area contributed by atoms with Crippen LogP contribution in [0.4, 0.5) is 0 Å². The van der Waals surface area contributed by atoms with Crippen molar-refractivity contribution in [2.45, 2.75) is 33.3 Å². The van der Waals surface area contributed by atoms with Gasteiger partial charge in [-0.3, -0.25) is 9.59 Å². The quantitative estimate of drug-likeness (QED) is 0.448. The van der Waals surface area contributed by atoms with Crippen LogP contribution >= 0.6 is 0 Å². The average Bonchev–Trinajstić information content (AvgIpc) is 3.11. The molecule has 0 spiro atoms. The fraction of sp³-hybridized carbons (Fsp3) is 0.231. The molecule has 1 aromatic heterocycles. The highest BCUT2D eigenvalue weighted by atomic mass is 16.5. The molecule has 0 radical (unpaired) electrons. The summed E-state index contributed by atoms with van der Waals surface area (Å²) in [7, 11) is 0. The number of rotatable bonds is 6. The lowest BCUT2D eigenvalue weighted by Crippen LogP contribution is -2.22. The Hall–Kier alpha value is -4.00. The van der Waals surface area contributed by atoms with E-state index in [4.69, 9.17) is 9.47 Å². The minimum absolute atomic E-state index is 0.140. The van der Waals surface area contributed by atoms with Gasteiger partial charge in [0.1, 0.15) is 6.10 Å². The van der Waals surface area contributed by atoms with Crippen molar-refractivity contribution in [3.05, 3.63) is 93.3 Å². The number of fused-ring (bicyclic) bond motifs is 1. The van der Waals surface area contributed by atoms with Crippen LogP contribution in [0.15, 0.2) is 48.5 Å². The standard InChI is InChI=1S/C26H23NO6/c1-14-23(16(3)28)15(2)27-24(14)21(29)13-32-25(30)18-9-10-20-19(11-18)12-22(33-26(20)31)17-7-5-4-6-8-17/h4-11,22,27H,12-13H2,1-3H3/t22-/m0/s1. The number of carbonyl (C=O) groups is 4. The molecule has 0 saturated heterocycles. The molecule has 1 atom stereocenters. The molecule has 2 aromatic carbocycles. The number of Topliss-reactive ketones (excluding diaryl/α,β-unsaturated/α-hetero) is 2. The molecular weight excluding hydrogens is 422 g/mol. The topological polar surface area (TPSA) is 103 Å². The molecule has 0 saturated carbocycles.